The van der Waals surface area contributed by atoms with Gasteiger partial charge in [-0.05, 0) is 49.8 Å². The molecular formula is C19H20Cl2N4O2S. The number of aromatic amines is 1. The molecule has 0 unspecified atom stereocenters. The number of hydrogen-bond donors (Lipinski definition) is 2. The number of hydrogen-bond acceptors (Lipinski definition) is 5. The van der Waals surface area contributed by atoms with E-state index in [1.807, 2.05) is 50.2 Å². The molecule has 9 heteroatoms. The second-order valence-corrected chi connectivity index (χ2v) is 7.17. The van der Waals surface area contributed by atoms with Gasteiger partial charge in [-0.25, -0.2) is 4.68 Å². The standard InChI is InChI=1S/C19H20Cl2N4O2S/c1-3-26-17-9-13(10-22-25-12(2)23-24-19(25)28)8-16(21)18(17)27-11-14-6-4-5-7-15(14)20/h4-9,22H,3,10-11H2,1-2H3,(H,24,28). The summed E-state index contributed by atoms with van der Waals surface area (Å²) in [6.45, 7) is 5.02. The summed E-state index contributed by atoms with van der Waals surface area (Å²) in [5.74, 6) is 1.80. The first-order valence-corrected chi connectivity index (χ1v) is 9.85. The Bertz CT molecular complexity index is 1020. The minimum atomic E-state index is 0.292. The molecule has 1 aromatic heterocycles. The molecule has 0 aliphatic carbocycles. The molecule has 0 aliphatic heterocycles. The van der Waals surface area contributed by atoms with Gasteiger partial charge in [-0.1, -0.05) is 41.4 Å². The summed E-state index contributed by atoms with van der Waals surface area (Å²) < 4.78 is 13.9. The lowest BCUT2D eigenvalue weighted by Gasteiger charge is -2.16. The number of aryl methyl sites for hydroxylation is 1. The minimum Gasteiger partial charge on any atom is -0.490 e. The van der Waals surface area contributed by atoms with Gasteiger partial charge in [0.05, 0.1) is 18.2 Å². The Kier molecular flexibility index (Phi) is 6.83. The van der Waals surface area contributed by atoms with E-state index in [9.17, 15) is 0 Å². The van der Waals surface area contributed by atoms with Crippen LogP contribution in [0.5, 0.6) is 11.5 Å². The lowest BCUT2D eigenvalue weighted by atomic mass is 10.2. The molecule has 0 spiro atoms. The zero-order valence-corrected chi connectivity index (χ0v) is 17.8. The van der Waals surface area contributed by atoms with Crippen LogP contribution in [0.3, 0.4) is 0 Å². The van der Waals surface area contributed by atoms with Crippen molar-refractivity contribution in [3.8, 4) is 11.5 Å². The predicted molar refractivity (Wildman–Crippen MR) is 114 cm³/mol. The van der Waals surface area contributed by atoms with Crippen molar-refractivity contribution in [2.24, 2.45) is 0 Å². The third kappa shape index (κ3) is 4.79. The average Bonchev–Trinajstić information content (AvgIpc) is 2.99. The van der Waals surface area contributed by atoms with Crippen molar-refractivity contribution in [3.63, 3.8) is 0 Å². The van der Waals surface area contributed by atoms with Crippen LogP contribution in [-0.4, -0.2) is 21.5 Å². The lowest BCUT2D eigenvalue weighted by Crippen LogP contribution is -2.16. The van der Waals surface area contributed by atoms with E-state index in [0.717, 1.165) is 17.0 Å². The van der Waals surface area contributed by atoms with Crippen LogP contribution in [0, 0.1) is 11.7 Å². The molecule has 0 radical (unpaired) electrons. The number of H-pyrrole nitrogens is 1. The topological polar surface area (TPSA) is 64.1 Å². The van der Waals surface area contributed by atoms with Crippen molar-refractivity contribution >= 4 is 35.4 Å². The molecule has 148 valence electrons. The fraction of sp³-hybridized carbons (Fsp3) is 0.263. The number of nitrogens with one attached hydrogen (secondary N) is 2. The summed E-state index contributed by atoms with van der Waals surface area (Å²) in [5, 5.41) is 7.91. The molecule has 0 bridgehead atoms. The van der Waals surface area contributed by atoms with Gasteiger partial charge in [0.1, 0.15) is 12.4 Å². The molecule has 2 aromatic carbocycles. The van der Waals surface area contributed by atoms with Gasteiger partial charge < -0.3 is 14.9 Å². The van der Waals surface area contributed by atoms with Crippen LogP contribution in [-0.2, 0) is 13.2 Å². The van der Waals surface area contributed by atoms with Crippen LogP contribution in [0.15, 0.2) is 36.4 Å². The van der Waals surface area contributed by atoms with Gasteiger partial charge in [0.15, 0.2) is 11.5 Å². The van der Waals surface area contributed by atoms with E-state index < -0.39 is 0 Å². The van der Waals surface area contributed by atoms with E-state index in [1.165, 1.54) is 0 Å². The maximum atomic E-state index is 6.49. The van der Waals surface area contributed by atoms with Gasteiger partial charge in [-0.2, -0.15) is 5.10 Å². The highest BCUT2D eigenvalue weighted by Crippen LogP contribution is 2.37. The zero-order chi connectivity index (χ0) is 20.1. The predicted octanol–water partition coefficient (Wildman–Crippen LogP) is 5.28. The molecule has 3 aromatic rings. The molecule has 0 atom stereocenters. The third-order valence-electron chi connectivity index (χ3n) is 3.98. The molecule has 6 nitrogen and oxygen atoms in total. The molecule has 3 rings (SSSR count). The summed E-state index contributed by atoms with van der Waals surface area (Å²) in [4.78, 5) is 0. The number of nitrogens with zero attached hydrogens (tertiary/aromatic N) is 2. The molecule has 0 saturated heterocycles. The van der Waals surface area contributed by atoms with Gasteiger partial charge in [-0.3, -0.25) is 5.10 Å². The monoisotopic (exact) mass is 438 g/mol. The van der Waals surface area contributed by atoms with Crippen molar-refractivity contribution in [1.82, 2.24) is 14.9 Å². The van der Waals surface area contributed by atoms with Gasteiger partial charge in [0.25, 0.3) is 0 Å². The highest BCUT2D eigenvalue weighted by molar-refractivity contribution is 7.71. The van der Waals surface area contributed by atoms with E-state index in [-0.39, 0.29) is 0 Å². The van der Waals surface area contributed by atoms with Crippen molar-refractivity contribution in [2.45, 2.75) is 27.0 Å². The Morgan fingerprint density at radius 3 is 2.64 bits per heavy atom. The highest BCUT2D eigenvalue weighted by atomic mass is 35.5. The maximum Gasteiger partial charge on any atom is 0.214 e. The quantitative estimate of drug-likeness (QED) is 0.468. The molecule has 2 N–H and O–H groups in total. The van der Waals surface area contributed by atoms with Crippen molar-refractivity contribution < 1.29 is 9.47 Å². The fourth-order valence-electron chi connectivity index (χ4n) is 2.62. The van der Waals surface area contributed by atoms with Crippen LogP contribution in [0.25, 0.3) is 0 Å². The van der Waals surface area contributed by atoms with E-state index in [2.05, 4.69) is 15.6 Å². The minimum absolute atomic E-state index is 0.292. The molecule has 0 amide bonds. The second kappa shape index (κ2) is 9.32. The normalized spacial score (nSPS) is 10.7. The highest BCUT2D eigenvalue weighted by Gasteiger charge is 2.14. The first kappa shape index (κ1) is 20.5. The Hall–Kier alpha value is -2.22. The third-order valence-corrected chi connectivity index (χ3v) is 4.90. The number of rotatable bonds is 8. The number of ether oxygens (including phenoxy) is 2. The van der Waals surface area contributed by atoms with Crippen molar-refractivity contribution in [2.75, 3.05) is 12.0 Å². The van der Waals surface area contributed by atoms with Gasteiger partial charge in [0.2, 0.25) is 4.77 Å². The Morgan fingerprint density at radius 2 is 1.96 bits per heavy atom. The van der Waals surface area contributed by atoms with Crippen LogP contribution in [0.2, 0.25) is 10.0 Å². The molecule has 28 heavy (non-hydrogen) atoms. The van der Waals surface area contributed by atoms with E-state index in [0.29, 0.717) is 46.1 Å². The smallest absolute Gasteiger partial charge is 0.214 e. The number of benzene rings is 2. The van der Waals surface area contributed by atoms with Crippen LogP contribution in [0.4, 0.5) is 0 Å². The number of halogens is 2. The van der Waals surface area contributed by atoms with Crippen LogP contribution in [0.1, 0.15) is 23.9 Å². The van der Waals surface area contributed by atoms with E-state index >= 15 is 0 Å². The van der Waals surface area contributed by atoms with Gasteiger partial charge in [0, 0.05) is 10.6 Å². The molecule has 0 aliphatic rings. The summed E-state index contributed by atoms with van der Waals surface area (Å²) in [6.07, 6.45) is 0. The molecule has 1 heterocycles. The first-order valence-electron chi connectivity index (χ1n) is 8.69. The summed E-state index contributed by atoms with van der Waals surface area (Å²) in [6, 6.07) is 11.2. The summed E-state index contributed by atoms with van der Waals surface area (Å²) >= 11 is 17.9. The molecular weight excluding hydrogens is 419 g/mol. The van der Waals surface area contributed by atoms with Gasteiger partial charge >= 0.3 is 0 Å². The van der Waals surface area contributed by atoms with Crippen molar-refractivity contribution in [3.05, 3.63) is 68.2 Å². The molecule has 0 saturated carbocycles. The Balaban J connectivity index is 1.79. The summed E-state index contributed by atoms with van der Waals surface area (Å²) in [5.41, 5.74) is 5.00. The average molecular weight is 439 g/mol. The van der Waals surface area contributed by atoms with Crippen LogP contribution >= 0.6 is 35.4 Å². The van der Waals surface area contributed by atoms with Crippen LogP contribution < -0.4 is 14.9 Å². The second-order valence-electron chi connectivity index (χ2n) is 5.96. The van der Waals surface area contributed by atoms with Crippen molar-refractivity contribution in [1.29, 1.82) is 0 Å². The Labute approximate surface area is 178 Å². The Morgan fingerprint density at radius 1 is 1.18 bits per heavy atom. The van der Waals surface area contributed by atoms with E-state index in [4.69, 9.17) is 44.9 Å². The molecule has 0 fully saturated rings. The lowest BCUT2D eigenvalue weighted by molar-refractivity contribution is 0.269. The van der Waals surface area contributed by atoms with Gasteiger partial charge in [-0.15, -0.1) is 0 Å². The maximum absolute atomic E-state index is 6.49. The first-order chi connectivity index (χ1) is 13.5. The fourth-order valence-corrected chi connectivity index (χ4v) is 3.34. The SMILES string of the molecule is CCOc1cc(CNn2c(C)n[nH]c2=S)cc(Cl)c1OCc1ccccc1Cl. The number of aromatic nitrogens is 3. The zero-order valence-electron chi connectivity index (χ0n) is 15.5. The summed E-state index contributed by atoms with van der Waals surface area (Å²) in [7, 11) is 0. The largest absolute Gasteiger partial charge is 0.490 e. The van der Waals surface area contributed by atoms with E-state index in [1.54, 1.807) is 4.68 Å².